The van der Waals surface area contributed by atoms with Crippen LogP contribution in [0, 0.1) is 0 Å². The number of ether oxygens (including phenoxy) is 3. The highest BCUT2D eigenvalue weighted by molar-refractivity contribution is 5.71. The van der Waals surface area contributed by atoms with Gasteiger partial charge < -0.3 is 14.2 Å². The van der Waals surface area contributed by atoms with Gasteiger partial charge in [-0.1, -0.05) is 260 Å². The van der Waals surface area contributed by atoms with Gasteiger partial charge in [0.25, 0.3) is 0 Å². The van der Waals surface area contributed by atoms with Crippen molar-refractivity contribution in [3.63, 3.8) is 0 Å². The predicted molar refractivity (Wildman–Crippen MR) is 293 cm³/mol. The molecule has 390 valence electrons. The largest absolute Gasteiger partial charge is 0.462 e. The van der Waals surface area contributed by atoms with Gasteiger partial charge in [0, 0.05) is 19.3 Å². The highest BCUT2D eigenvalue weighted by Crippen LogP contribution is 2.15. The van der Waals surface area contributed by atoms with Crippen molar-refractivity contribution in [3.05, 3.63) is 85.1 Å². The third-order valence-corrected chi connectivity index (χ3v) is 12.2. The number of carbonyl (C=O) groups excluding carboxylic acids is 3. The predicted octanol–water partition coefficient (Wildman–Crippen LogP) is 19.2. The Morgan fingerprint density at radius 2 is 0.574 bits per heavy atom. The van der Waals surface area contributed by atoms with Gasteiger partial charge in [0.1, 0.15) is 13.2 Å². The Morgan fingerprint density at radius 3 is 0.897 bits per heavy atom. The molecule has 0 N–H and O–H groups in total. The van der Waals surface area contributed by atoms with E-state index in [0.29, 0.717) is 19.3 Å². The van der Waals surface area contributed by atoms with Crippen LogP contribution >= 0.6 is 0 Å². The molecule has 0 aliphatic rings. The van der Waals surface area contributed by atoms with Crippen molar-refractivity contribution < 1.29 is 28.6 Å². The van der Waals surface area contributed by atoms with E-state index < -0.39 is 6.10 Å². The van der Waals surface area contributed by atoms with Crippen LogP contribution in [0.15, 0.2) is 85.1 Å². The van der Waals surface area contributed by atoms with E-state index in [9.17, 15) is 14.4 Å². The van der Waals surface area contributed by atoms with Crippen molar-refractivity contribution in [2.75, 3.05) is 13.2 Å². The molecule has 1 unspecified atom stereocenters. The zero-order valence-electron chi connectivity index (χ0n) is 44.6. The Balaban J connectivity index is 4.10. The Bertz CT molecular complexity index is 1320. The summed E-state index contributed by atoms with van der Waals surface area (Å²) in [6.45, 7) is 6.48. The van der Waals surface area contributed by atoms with Gasteiger partial charge in [0.15, 0.2) is 6.10 Å². The fourth-order valence-corrected chi connectivity index (χ4v) is 7.89. The number of esters is 3. The molecule has 0 bridgehead atoms. The number of carbonyl (C=O) groups is 3. The molecule has 0 heterocycles. The molecule has 0 radical (unpaired) electrons. The van der Waals surface area contributed by atoms with E-state index in [4.69, 9.17) is 14.2 Å². The Kier molecular flexibility index (Phi) is 53.4. The van der Waals surface area contributed by atoms with E-state index in [1.165, 1.54) is 122 Å². The standard InChI is InChI=1S/C62H106O6/c1-4-7-10-13-16-18-20-22-23-24-25-26-27-28-29-30-31-32-33-34-35-36-37-38-39-40-42-43-46-49-52-55-61(64)67-58-59(57-66-60(63)54-51-48-45-15-12-9-6-3)68-62(65)56-53-50-47-44-41-21-19-17-14-11-8-5-2/h7,10,16,18,22-23,25-26,28-29,31-32,34-35,59H,4-6,8-9,11-15,17,19-21,24,27,30,33,36-58H2,1-3H3/b10-7-,18-16-,23-22-,26-25-,29-28-,32-31-,35-34-. The first-order chi connectivity index (χ1) is 33.5. The van der Waals surface area contributed by atoms with Gasteiger partial charge in [-0.25, -0.2) is 0 Å². The molecule has 0 spiro atoms. The van der Waals surface area contributed by atoms with Crippen molar-refractivity contribution in [2.45, 2.75) is 277 Å². The maximum absolute atomic E-state index is 12.7. The maximum atomic E-state index is 12.7. The number of unbranched alkanes of at least 4 members (excludes halogenated alkanes) is 26. The summed E-state index contributed by atoms with van der Waals surface area (Å²) in [4.78, 5) is 37.8. The zero-order valence-corrected chi connectivity index (χ0v) is 44.6. The van der Waals surface area contributed by atoms with Crippen LogP contribution in [-0.2, 0) is 28.6 Å². The molecule has 0 fully saturated rings. The van der Waals surface area contributed by atoms with Crippen LogP contribution in [0.3, 0.4) is 0 Å². The molecule has 0 saturated carbocycles. The Hall–Kier alpha value is -3.41. The first kappa shape index (κ1) is 64.6. The van der Waals surface area contributed by atoms with Gasteiger partial charge in [-0.2, -0.15) is 0 Å². The summed E-state index contributed by atoms with van der Waals surface area (Å²) in [5, 5.41) is 0. The molecule has 0 aromatic rings. The second-order valence-corrected chi connectivity index (χ2v) is 18.8. The fraction of sp³-hybridized carbons (Fsp3) is 0.726. The van der Waals surface area contributed by atoms with Crippen LogP contribution in [-0.4, -0.2) is 37.2 Å². The molecule has 0 aromatic heterocycles. The first-order valence-corrected chi connectivity index (χ1v) is 28.6. The number of hydrogen-bond donors (Lipinski definition) is 0. The lowest BCUT2D eigenvalue weighted by Gasteiger charge is -2.18. The monoisotopic (exact) mass is 947 g/mol. The van der Waals surface area contributed by atoms with Crippen LogP contribution in [0.4, 0.5) is 0 Å². The first-order valence-electron chi connectivity index (χ1n) is 28.6. The smallest absolute Gasteiger partial charge is 0.306 e. The lowest BCUT2D eigenvalue weighted by molar-refractivity contribution is -0.167. The fourth-order valence-electron chi connectivity index (χ4n) is 7.89. The Labute approximate surface area is 420 Å². The van der Waals surface area contributed by atoms with E-state index in [1.807, 2.05) is 0 Å². The van der Waals surface area contributed by atoms with E-state index in [0.717, 1.165) is 109 Å². The summed E-state index contributed by atoms with van der Waals surface area (Å²) >= 11 is 0. The summed E-state index contributed by atoms with van der Waals surface area (Å²) in [5.41, 5.74) is 0. The molecule has 0 aromatic carbocycles. The minimum atomic E-state index is -0.772. The molecule has 1 atom stereocenters. The summed E-state index contributed by atoms with van der Waals surface area (Å²) in [6.07, 6.45) is 73.2. The van der Waals surface area contributed by atoms with E-state index in [2.05, 4.69) is 106 Å². The normalized spacial score (nSPS) is 12.7. The van der Waals surface area contributed by atoms with Crippen molar-refractivity contribution in [1.82, 2.24) is 0 Å². The molecule has 0 amide bonds. The van der Waals surface area contributed by atoms with Gasteiger partial charge in [-0.15, -0.1) is 0 Å². The molecule has 68 heavy (non-hydrogen) atoms. The van der Waals surface area contributed by atoms with Gasteiger partial charge in [-0.05, 0) is 77.0 Å². The molecule has 0 aliphatic carbocycles. The summed E-state index contributed by atoms with van der Waals surface area (Å²) < 4.78 is 16.7. The molecule has 6 heteroatoms. The highest BCUT2D eigenvalue weighted by atomic mass is 16.6. The SMILES string of the molecule is CC/C=C\C/C=C\C/C=C\C/C=C\C/C=C\C/C=C\C/C=C\CCCCCCCCCCCC(=O)OCC(COC(=O)CCCCCCCCC)OC(=O)CCCCCCCCCCCCCC. The van der Waals surface area contributed by atoms with Crippen molar-refractivity contribution in [2.24, 2.45) is 0 Å². The molecule has 0 saturated heterocycles. The number of allylic oxidation sites excluding steroid dienone is 14. The van der Waals surface area contributed by atoms with Gasteiger partial charge in [0.05, 0.1) is 0 Å². The van der Waals surface area contributed by atoms with Crippen LogP contribution in [0.2, 0.25) is 0 Å². The quantitative estimate of drug-likeness (QED) is 0.0262. The lowest BCUT2D eigenvalue weighted by Crippen LogP contribution is -2.30. The van der Waals surface area contributed by atoms with Crippen molar-refractivity contribution in [1.29, 1.82) is 0 Å². The average Bonchev–Trinajstić information content (AvgIpc) is 3.34. The maximum Gasteiger partial charge on any atom is 0.306 e. The van der Waals surface area contributed by atoms with Crippen molar-refractivity contribution >= 4 is 17.9 Å². The summed E-state index contributed by atoms with van der Waals surface area (Å²) in [5.74, 6) is -0.883. The molecular weight excluding hydrogens is 841 g/mol. The summed E-state index contributed by atoms with van der Waals surface area (Å²) in [6, 6.07) is 0. The van der Waals surface area contributed by atoms with Crippen LogP contribution in [0.1, 0.15) is 271 Å². The third-order valence-electron chi connectivity index (χ3n) is 12.2. The second kappa shape index (κ2) is 56.2. The number of rotatable bonds is 51. The van der Waals surface area contributed by atoms with E-state index in [-0.39, 0.29) is 31.1 Å². The summed E-state index contributed by atoms with van der Waals surface area (Å²) in [7, 11) is 0. The minimum absolute atomic E-state index is 0.0748. The molecule has 0 aliphatic heterocycles. The lowest BCUT2D eigenvalue weighted by atomic mass is 10.0. The highest BCUT2D eigenvalue weighted by Gasteiger charge is 2.19. The van der Waals surface area contributed by atoms with E-state index in [1.54, 1.807) is 0 Å². The third kappa shape index (κ3) is 53.5. The van der Waals surface area contributed by atoms with Crippen LogP contribution in [0.25, 0.3) is 0 Å². The average molecular weight is 948 g/mol. The molecule has 6 nitrogen and oxygen atoms in total. The van der Waals surface area contributed by atoms with Crippen LogP contribution < -0.4 is 0 Å². The second-order valence-electron chi connectivity index (χ2n) is 18.8. The molecular formula is C62H106O6. The topological polar surface area (TPSA) is 78.9 Å². The number of hydrogen-bond acceptors (Lipinski definition) is 6. The zero-order chi connectivity index (χ0) is 49.3. The van der Waals surface area contributed by atoms with Gasteiger partial charge in [-0.3, -0.25) is 14.4 Å². The van der Waals surface area contributed by atoms with Crippen LogP contribution in [0.5, 0.6) is 0 Å². The Morgan fingerprint density at radius 1 is 0.309 bits per heavy atom. The van der Waals surface area contributed by atoms with Gasteiger partial charge >= 0.3 is 17.9 Å². The van der Waals surface area contributed by atoms with Crippen molar-refractivity contribution in [3.8, 4) is 0 Å². The van der Waals surface area contributed by atoms with E-state index >= 15 is 0 Å². The minimum Gasteiger partial charge on any atom is -0.462 e. The van der Waals surface area contributed by atoms with Gasteiger partial charge in [0.2, 0.25) is 0 Å². The molecule has 0 rings (SSSR count).